The number of nitrogens with one attached hydrogen (secondary N) is 2. The number of rotatable bonds is 6. The lowest BCUT2D eigenvalue weighted by atomic mass is 10.1. The quantitative estimate of drug-likeness (QED) is 0.343. The summed E-state index contributed by atoms with van der Waals surface area (Å²) in [4.78, 5) is 25.0. The predicted octanol–water partition coefficient (Wildman–Crippen LogP) is 3.52. The molecule has 0 aromatic carbocycles. The first-order valence-electron chi connectivity index (χ1n) is 12.2. The van der Waals surface area contributed by atoms with E-state index in [0.717, 1.165) is 6.26 Å². The van der Waals surface area contributed by atoms with Crippen LogP contribution in [0, 0.1) is 11.3 Å². The van der Waals surface area contributed by atoms with Crippen molar-refractivity contribution in [1.82, 2.24) is 25.1 Å². The monoisotopic (exact) mass is 572 g/mol. The average molecular weight is 573 g/mol. The van der Waals surface area contributed by atoms with Crippen molar-refractivity contribution in [2.24, 2.45) is 0 Å². The third kappa shape index (κ3) is 6.04. The lowest BCUT2D eigenvalue weighted by molar-refractivity contribution is -0.114. The second kappa shape index (κ2) is 10.4. The number of pyridine rings is 3. The lowest BCUT2D eigenvalue weighted by Crippen LogP contribution is -2.39. The molecule has 0 atom stereocenters. The molecule has 0 unspecified atom stereocenters. The summed E-state index contributed by atoms with van der Waals surface area (Å²) < 4.78 is 36.9. The Morgan fingerprint density at radius 3 is 2.56 bits per heavy atom. The third-order valence-corrected chi connectivity index (χ3v) is 6.83. The minimum absolute atomic E-state index is 0.143. The van der Waals surface area contributed by atoms with Gasteiger partial charge in [-0.25, -0.2) is 23.4 Å². The summed E-state index contributed by atoms with van der Waals surface area (Å²) in [7, 11) is -3.76. The highest BCUT2D eigenvalue weighted by Gasteiger charge is 2.29. The van der Waals surface area contributed by atoms with Gasteiger partial charge in [0.2, 0.25) is 5.91 Å². The summed E-state index contributed by atoms with van der Waals surface area (Å²) in [5.41, 5.74) is 1.85. The topological polar surface area (TPSA) is 182 Å². The SMILES string of the molecule is CC(=O)Nc1cc(Nc2cc(-c3cnncc3C#N)cc(S(C)(=O)=O)n2)c(-c2ccc3c(n2)OCC(C)(C)O3)cn1. The zero-order chi connectivity index (χ0) is 29.4. The van der Waals surface area contributed by atoms with E-state index < -0.39 is 15.4 Å². The second-order valence-corrected chi connectivity index (χ2v) is 11.8. The summed E-state index contributed by atoms with van der Waals surface area (Å²) in [6.07, 6.45) is 5.21. The number of nitrogens with zero attached hydrogens (tertiary/aromatic N) is 6. The molecule has 208 valence electrons. The van der Waals surface area contributed by atoms with Gasteiger partial charge in [-0.2, -0.15) is 15.5 Å². The zero-order valence-corrected chi connectivity index (χ0v) is 23.3. The molecule has 0 radical (unpaired) electrons. The molecule has 4 aromatic heterocycles. The predicted molar refractivity (Wildman–Crippen MR) is 148 cm³/mol. The fourth-order valence-corrected chi connectivity index (χ4v) is 4.64. The first-order valence-corrected chi connectivity index (χ1v) is 14.1. The first-order chi connectivity index (χ1) is 19.4. The Morgan fingerprint density at radius 2 is 1.83 bits per heavy atom. The van der Waals surface area contributed by atoms with Gasteiger partial charge >= 0.3 is 0 Å². The molecule has 0 saturated carbocycles. The molecule has 13 nitrogen and oxygen atoms in total. The van der Waals surface area contributed by atoms with Gasteiger partial charge in [-0.1, -0.05) is 0 Å². The highest BCUT2D eigenvalue weighted by molar-refractivity contribution is 7.90. The van der Waals surface area contributed by atoms with Gasteiger partial charge < -0.3 is 20.1 Å². The number of fused-ring (bicyclic) bond motifs is 1. The molecule has 1 aliphatic rings. The summed E-state index contributed by atoms with van der Waals surface area (Å²) in [5, 5.41) is 22.7. The highest BCUT2D eigenvalue weighted by atomic mass is 32.2. The number of ether oxygens (including phenoxy) is 2. The van der Waals surface area contributed by atoms with Crippen molar-refractivity contribution in [3.8, 4) is 40.1 Å². The maximum Gasteiger partial charge on any atom is 0.257 e. The normalized spacial score (nSPS) is 13.6. The van der Waals surface area contributed by atoms with E-state index in [-0.39, 0.29) is 28.1 Å². The number of carbonyl (C=O) groups excluding carboxylic acids is 1. The molecule has 0 bridgehead atoms. The van der Waals surface area contributed by atoms with E-state index in [9.17, 15) is 18.5 Å². The Labute approximate surface area is 235 Å². The Hall–Kier alpha value is -5.16. The van der Waals surface area contributed by atoms with E-state index in [4.69, 9.17) is 9.47 Å². The third-order valence-electron chi connectivity index (χ3n) is 5.86. The van der Waals surface area contributed by atoms with Gasteiger partial charge in [0.05, 0.1) is 29.3 Å². The number of carbonyl (C=O) groups is 1. The number of hydrogen-bond donors (Lipinski definition) is 2. The van der Waals surface area contributed by atoms with E-state index in [1.165, 1.54) is 31.6 Å². The van der Waals surface area contributed by atoms with Gasteiger partial charge in [-0.3, -0.25) is 4.79 Å². The molecule has 1 aliphatic heterocycles. The molecule has 0 spiro atoms. The van der Waals surface area contributed by atoms with E-state index in [2.05, 4.69) is 35.8 Å². The Bertz CT molecular complexity index is 1840. The van der Waals surface area contributed by atoms with Gasteiger partial charge in [0.15, 0.2) is 20.6 Å². The van der Waals surface area contributed by atoms with Gasteiger partial charge in [0.1, 0.15) is 29.9 Å². The van der Waals surface area contributed by atoms with Crippen LogP contribution in [-0.4, -0.2) is 57.9 Å². The van der Waals surface area contributed by atoms with Crippen LogP contribution in [0.3, 0.4) is 0 Å². The number of sulfone groups is 1. The van der Waals surface area contributed by atoms with Gasteiger partial charge in [-0.05, 0) is 43.7 Å². The molecule has 4 aromatic rings. The molecule has 0 saturated heterocycles. The zero-order valence-electron chi connectivity index (χ0n) is 22.5. The van der Waals surface area contributed by atoms with Crippen LogP contribution < -0.4 is 20.1 Å². The summed E-state index contributed by atoms with van der Waals surface area (Å²) in [5.74, 6) is 0.864. The van der Waals surface area contributed by atoms with Crippen LogP contribution >= 0.6 is 0 Å². The van der Waals surface area contributed by atoms with Gasteiger partial charge in [0, 0.05) is 36.6 Å². The van der Waals surface area contributed by atoms with E-state index >= 15 is 0 Å². The van der Waals surface area contributed by atoms with Crippen molar-refractivity contribution >= 4 is 33.1 Å². The van der Waals surface area contributed by atoms with Crippen LogP contribution in [0.25, 0.3) is 22.4 Å². The van der Waals surface area contributed by atoms with Crippen LogP contribution in [-0.2, 0) is 14.6 Å². The first kappa shape index (κ1) is 27.4. The van der Waals surface area contributed by atoms with Crippen molar-refractivity contribution in [2.45, 2.75) is 31.4 Å². The minimum Gasteiger partial charge on any atom is -0.479 e. The summed E-state index contributed by atoms with van der Waals surface area (Å²) in [6, 6.07) is 10.0. The molecule has 14 heteroatoms. The smallest absolute Gasteiger partial charge is 0.257 e. The molecule has 0 aliphatic carbocycles. The van der Waals surface area contributed by atoms with Crippen LogP contribution in [0.15, 0.2) is 53.9 Å². The number of hydrogen-bond acceptors (Lipinski definition) is 12. The number of nitriles is 1. The standard InChI is InChI=1S/C27H24N8O5S/c1-15(36)32-23-9-21(19(12-29-23)20-5-6-22-26(34-20)39-14-27(2,3)40-22)33-24-7-16(8-25(35-24)41(4,37)38)18-13-31-30-11-17(18)10-28/h5-9,11-13H,14H2,1-4H3,(H2,29,32,33,35,36). The molecule has 0 fully saturated rings. The molecule has 5 rings (SSSR count). The van der Waals surface area contributed by atoms with Gasteiger partial charge in [0.25, 0.3) is 5.88 Å². The van der Waals surface area contributed by atoms with Crippen molar-refractivity contribution in [3.05, 3.63) is 54.5 Å². The van der Waals surface area contributed by atoms with Crippen LogP contribution in [0.5, 0.6) is 11.6 Å². The van der Waals surface area contributed by atoms with Crippen molar-refractivity contribution in [3.63, 3.8) is 0 Å². The number of amides is 1. The van der Waals surface area contributed by atoms with Crippen molar-refractivity contribution in [1.29, 1.82) is 5.26 Å². The van der Waals surface area contributed by atoms with E-state index in [0.29, 0.717) is 46.3 Å². The summed E-state index contributed by atoms with van der Waals surface area (Å²) >= 11 is 0. The largest absolute Gasteiger partial charge is 0.479 e. The van der Waals surface area contributed by atoms with Crippen LogP contribution in [0.2, 0.25) is 0 Å². The molecule has 2 N–H and O–H groups in total. The second-order valence-electron chi connectivity index (χ2n) is 9.85. The average Bonchev–Trinajstić information content (AvgIpc) is 2.91. The maximum absolute atomic E-state index is 12.5. The van der Waals surface area contributed by atoms with Crippen molar-refractivity contribution in [2.75, 3.05) is 23.5 Å². The Morgan fingerprint density at radius 1 is 1.05 bits per heavy atom. The fraction of sp³-hybridized carbons (Fsp3) is 0.222. The Balaban J connectivity index is 1.63. The van der Waals surface area contributed by atoms with E-state index in [1.807, 2.05) is 19.9 Å². The number of anilines is 3. The highest BCUT2D eigenvalue weighted by Crippen LogP contribution is 2.38. The minimum atomic E-state index is -3.76. The van der Waals surface area contributed by atoms with E-state index in [1.54, 1.807) is 24.3 Å². The molecule has 1 amide bonds. The van der Waals surface area contributed by atoms with Crippen LogP contribution in [0.1, 0.15) is 26.3 Å². The lowest BCUT2D eigenvalue weighted by Gasteiger charge is -2.31. The molecular formula is C27H24N8O5S. The fourth-order valence-electron chi connectivity index (χ4n) is 4.03. The van der Waals surface area contributed by atoms with Crippen LogP contribution in [0.4, 0.5) is 17.3 Å². The summed E-state index contributed by atoms with van der Waals surface area (Å²) in [6.45, 7) is 5.47. The van der Waals surface area contributed by atoms with Crippen molar-refractivity contribution < 1.29 is 22.7 Å². The molecule has 5 heterocycles. The maximum atomic E-state index is 12.5. The van der Waals surface area contributed by atoms with Gasteiger partial charge in [-0.15, -0.1) is 0 Å². The number of aromatic nitrogens is 5. The molecular weight excluding hydrogens is 548 g/mol. The Kier molecular flexibility index (Phi) is 6.97. The molecule has 41 heavy (non-hydrogen) atoms.